The number of carbonyl (C=O) groups excluding carboxylic acids is 9. The molecule has 19 heteroatoms. The van der Waals surface area contributed by atoms with E-state index in [2.05, 4.69) is 38.8 Å². The van der Waals surface area contributed by atoms with Gasteiger partial charge in [-0.2, -0.15) is 0 Å². The van der Waals surface area contributed by atoms with E-state index in [1.165, 1.54) is 20.8 Å². The van der Waals surface area contributed by atoms with E-state index in [1.807, 2.05) is 12.1 Å². The van der Waals surface area contributed by atoms with Crippen LogP contribution in [0.25, 0.3) is 0 Å². The Labute approximate surface area is 313 Å². The molecule has 19 nitrogen and oxygen atoms in total. The minimum Gasteiger partial charge on any atom is -0.394 e. The van der Waals surface area contributed by atoms with Gasteiger partial charge in [-0.15, -0.1) is 0 Å². The maximum Gasteiger partial charge on any atom is 0.251 e. The molecule has 1 rings (SSSR count). The van der Waals surface area contributed by atoms with Crippen molar-refractivity contribution in [3.8, 4) is 0 Å². The van der Waals surface area contributed by atoms with Gasteiger partial charge >= 0.3 is 0 Å². The summed E-state index contributed by atoms with van der Waals surface area (Å²) in [5.74, 6) is -6.86. The van der Waals surface area contributed by atoms with Gasteiger partial charge in [-0.25, -0.2) is 0 Å². The lowest BCUT2D eigenvalue weighted by Gasteiger charge is -2.30. The monoisotopic (exact) mass is 762 g/mol. The van der Waals surface area contributed by atoms with Crippen LogP contribution in [-0.2, 0) is 44.8 Å². The van der Waals surface area contributed by atoms with Crippen LogP contribution >= 0.6 is 0 Å². The maximum atomic E-state index is 13.1. The number of carbonyl (C=O) groups is 9. The molecular weight excluding hydrogens is 708 g/mol. The SMILES string of the molecule is CCCCCCc1ccc(C(=O)N[C@H](CO)C(=O)N[C@H](C)C(=O)NCC(=O)N(C)C(C(=O)N[C@@H](C)C(=O)NC(CC(N)=O)C(=O)NCC=O)C(C)O)cc1. The largest absolute Gasteiger partial charge is 0.394 e. The van der Waals surface area contributed by atoms with E-state index in [4.69, 9.17) is 5.73 Å². The minimum atomic E-state index is -1.56. The number of nitrogens with one attached hydrogen (secondary N) is 6. The minimum absolute atomic E-state index is 0.277. The first-order valence-corrected chi connectivity index (χ1v) is 17.6. The molecule has 3 unspecified atom stereocenters. The van der Waals surface area contributed by atoms with Crippen molar-refractivity contribution in [3.05, 3.63) is 35.4 Å². The van der Waals surface area contributed by atoms with Gasteiger partial charge in [0.2, 0.25) is 41.4 Å². The third-order valence-electron chi connectivity index (χ3n) is 8.19. The number of hydrogen-bond donors (Lipinski definition) is 9. The second-order valence-corrected chi connectivity index (χ2v) is 12.7. The number of aliphatic hydroxyl groups is 2. The van der Waals surface area contributed by atoms with Crippen LogP contribution < -0.4 is 37.6 Å². The third-order valence-corrected chi connectivity index (χ3v) is 8.19. The Morgan fingerprint density at radius 2 is 1.39 bits per heavy atom. The molecule has 6 atom stereocenters. The molecule has 10 N–H and O–H groups in total. The summed E-state index contributed by atoms with van der Waals surface area (Å²) in [6, 6.07) is -0.101. The molecule has 0 radical (unpaired) electrons. The van der Waals surface area contributed by atoms with Gasteiger partial charge in [-0.05, 0) is 51.3 Å². The fourth-order valence-corrected chi connectivity index (χ4v) is 5.05. The first-order chi connectivity index (χ1) is 25.5. The number of hydrogen-bond acceptors (Lipinski definition) is 11. The van der Waals surface area contributed by atoms with Gasteiger partial charge in [0.05, 0.1) is 32.2 Å². The lowest BCUT2D eigenvalue weighted by Crippen LogP contribution is -2.59. The molecule has 1 aromatic rings. The van der Waals surface area contributed by atoms with Crippen molar-refractivity contribution in [2.45, 2.75) is 103 Å². The van der Waals surface area contributed by atoms with E-state index in [-0.39, 0.29) is 12.1 Å². The van der Waals surface area contributed by atoms with Crippen molar-refractivity contribution >= 4 is 53.5 Å². The average Bonchev–Trinajstić information content (AvgIpc) is 3.12. The smallest absolute Gasteiger partial charge is 0.251 e. The quantitative estimate of drug-likeness (QED) is 0.0376. The number of aryl methyl sites for hydroxylation is 1. The van der Waals surface area contributed by atoms with Gasteiger partial charge in [0.15, 0.2) is 0 Å². The van der Waals surface area contributed by atoms with Crippen LogP contribution in [0.4, 0.5) is 0 Å². The predicted molar refractivity (Wildman–Crippen MR) is 194 cm³/mol. The molecule has 0 fully saturated rings. The first-order valence-electron chi connectivity index (χ1n) is 17.6. The molecule has 300 valence electrons. The Morgan fingerprint density at radius 1 is 0.778 bits per heavy atom. The second kappa shape index (κ2) is 24.0. The Kier molecular flexibility index (Phi) is 20.7. The molecule has 0 saturated heterocycles. The highest BCUT2D eigenvalue weighted by molar-refractivity contribution is 5.99. The molecule has 54 heavy (non-hydrogen) atoms. The summed E-state index contributed by atoms with van der Waals surface area (Å²) < 4.78 is 0. The van der Waals surface area contributed by atoms with E-state index in [9.17, 15) is 53.4 Å². The summed E-state index contributed by atoms with van der Waals surface area (Å²) in [4.78, 5) is 112. The zero-order chi connectivity index (χ0) is 41.0. The Bertz CT molecular complexity index is 1470. The highest BCUT2D eigenvalue weighted by atomic mass is 16.3. The van der Waals surface area contributed by atoms with Gasteiger partial charge in [0.25, 0.3) is 5.91 Å². The van der Waals surface area contributed by atoms with Crippen molar-refractivity contribution in [3.63, 3.8) is 0 Å². The number of amides is 8. The molecule has 0 aliphatic heterocycles. The summed E-state index contributed by atoms with van der Waals surface area (Å²) in [6.07, 6.45) is 3.60. The van der Waals surface area contributed by atoms with E-state index >= 15 is 0 Å². The average molecular weight is 763 g/mol. The number of likely N-dealkylation sites (N-methyl/N-ethyl adjacent to an activating group) is 1. The Hall–Kier alpha value is -5.43. The third kappa shape index (κ3) is 16.1. The normalized spacial score (nSPS) is 14.1. The molecule has 0 aromatic heterocycles. The number of primary amides is 1. The lowest BCUT2D eigenvalue weighted by molar-refractivity contribution is -0.144. The summed E-state index contributed by atoms with van der Waals surface area (Å²) in [7, 11) is 1.16. The molecule has 0 aliphatic rings. The zero-order valence-corrected chi connectivity index (χ0v) is 31.3. The molecule has 0 spiro atoms. The van der Waals surface area contributed by atoms with Gasteiger partial charge in [0.1, 0.15) is 36.5 Å². The van der Waals surface area contributed by atoms with Gasteiger partial charge in [0, 0.05) is 12.6 Å². The second-order valence-electron chi connectivity index (χ2n) is 12.7. The standard InChI is InChI=1S/C35H54N8O11/c1-6-7-8-9-10-23-11-13-24(14-12-23)32(51)42-26(19-45)34(53)39-20(2)30(49)38-18-28(48)43(5)29(22(4)46)35(54)40-21(3)31(50)41-25(17-27(36)47)33(52)37-15-16-44/h11-14,16,20-22,25-26,29,45-46H,6-10,15,17-19H2,1-5H3,(H2,36,47)(H,37,52)(H,38,49)(H,39,53)(H,40,54)(H,41,50)(H,42,51)/t20-,21+,22?,25?,26-,29?/m1/s1. The van der Waals surface area contributed by atoms with Gasteiger partial charge in [-0.3, -0.25) is 38.4 Å². The van der Waals surface area contributed by atoms with E-state index in [0.29, 0.717) is 6.29 Å². The van der Waals surface area contributed by atoms with Crippen LogP contribution in [0.2, 0.25) is 0 Å². The molecule has 0 saturated carbocycles. The van der Waals surface area contributed by atoms with Crippen molar-refractivity contribution in [2.24, 2.45) is 5.73 Å². The number of nitrogens with two attached hydrogens (primary N) is 1. The fourth-order valence-electron chi connectivity index (χ4n) is 5.05. The highest BCUT2D eigenvalue weighted by Gasteiger charge is 2.34. The van der Waals surface area contributed by atoms with E-state index in [1.54, 1.807) is 12.1 Å². The summed E-state index contributed by atoms with van der Waals surface area (Å²) in [5.41, 5.74) is 6.48. The molecule has 0 aliphatic carbocycles. The Balaban J connectivity index is 2.74. The molecular formula is C35H54N8O11. The zero-order valence-electron chi connectivity index (χ0n) is 31.3. The van der Waals surface area contributed by atoms with Crippen LogP contribution in [0.5, 0.6) is 0 Å². The number of unbranched alkanes of at least 4 members (excludes halogenated alkanes) is 3. The van der Waals surface area contributed by atoms with Crippen LogP contribution in [0.3, 0.4) is 0 Å². The van der Waals surface area contributed by atoms with Crippen LogP contribution in [0, 0.1) is 0 Å². The van der Waals surface area contributed by atoms with Crippen LogP contribution in [-0.4, -0.2) is 132 Å². The van der Waals surface area contributed by atoms with Crippen molar-refractivity contribution in [1.82, 2.24) is 36.8 Å². The number of nitrogens with zero attached hydrogens (tertiary/aromatic N) is 1. The van der Waals surface area contributed by atoms with Crippen molar-refractivity contribution in [1.29, 1.82) is 0 Å². The van der Waals surface area contributed by atoms with Gasteiger partial charge in [-0.1, -0.05) is 38.3 Å². The number of rotatable bonds is 24. The molecule has 0 bridgehead atoms. The topological polar surface area (TPSA) is 296 Å². The summed E-state index contributed by atoms with van der Waals surface area (Å²) in [6.45, 7) is 4.03. The number of aliphatic hydroxyl groups excluding tert-OH is 2. The number of aldehydes is 1. The first kappa shape index (κ1) is 46.6. The van der Waals surface area contributed by atoms with Gasteiger partial charge < -0.3 is 57.5 Å². The Morgan fingerprint density at radius 3 is 1.94 bits per heavy atom. The fraction of sp³-hybridized carbons (Fsp3) is 0.571. The maximum absolute atomic E-state index is 13.1. The van der Waals surface area contributed by atoms with E-state index < -0.39 is 103 Å². The summed E-state index contributed by atoms with van der Waals surface area (Å²) in [5, 5.41) is 33.9. The predicted octanol–water partition coefficient (Wildman–Crippen LogP) is -3.09. The van der Waals surface area contributed by atoms with Crippen LogP contribution in [0.1, 0.15) is 75.7 Å². The van der Waals surface area contributed by atoms with Crippen molar-refractivity contribution < 1.29 is 53.4 Å². The highest BCUT2D eigenvalue weighted by Crippen LogP contribution is 2.10. The molecule has 0 heterocycles. The van der Waals surface area contributed by atoms with Crippen LogP contribution in [0.15, 0.2) is 24.3 Å². The number of benzene rings is 1. The summed E-state index contributed by atoms with van der Waals surface area (Å²) >= 11 is 0. The lowest BCUT2D eigenvalue weighted by atomic mass is 10.0. The van der Waals surface area contributed by atoms with E-state index in [0.717, 1.165) is 49.6 Å². The molecule has 1 aromatic carbocycles. The van der Waals surface area contributed by atoms with Crippen molar-refractivity contribution in [2.75, 3.05) is 26.7 Å². The molecule has 8 amide bonds.